The minimum Gasteiger partial charge on any atom is -0.309 e. The van der Waals surface area contributed by atoms with Gasteiger partial charge in [-0.3, -0.25) is 9.97 Å². The number of fused-ring (bicyclic) bond motifs is 7. The van der Waals surface area contributed by atoms with E-state index in [9.17, 15) is 0 Å². The van der Waals surface area contributed by atoms with Crippen molar-refractivity contribution in [1.29, 1.82) is 0 Å². The van der Waals surface area contributed by atoms with E-state index in [1.54, 1.807) is 12.4 Å². The van der Waals surface area contributed by atoms with Crippen molar-refractivity contribution in [2.75, 3.05) is 0 Å². The number of aromatic nitrogens is 5. The summed E-state index contributed by atoms with van der Waals surface area (Å²) in [4.78, 5) is 19.8. The van der Waals surface area contributed by atoms with Gasteiger partial charge in [0.15, 0.2) is 0 Å². The molecule has 0 spiro atoms. The van der Waals surface area contributed by atoms with Crippen molar-refractivity contribution < 1.29 is 0 Å². The van der Waals surface area contributed by atoms with Gasteiger partial charge in [-0.1, -0.05) is 84.9 Å². The van der Waals surface area contributed by atoms with E-state index in [4.69, 9.17) is 9.97 Å². The maximum Gasteiger partial charge on any atom is 0.141 e. The average Bonchev–Trinajstić information content (AvgIpc) is 3.62. The van der Waals surface area contributed by atoms with Gasteiger partial charge in [0.25, 0.3) is 0 Å². The Hall–Kier alpha value is -5.94. The lowest BCUT2D eigenvalue weighted by Gasteiger charge is -2.18. The molecule has 0 saturated carbocycles. The molecular formula is C39H25N5. The van der Waals surface area contributed by atoms with E-state index in [2.05, 4.69) is 106 Å². The highest BCUT2D eigenvalue weighted by Gasteiger charge is 2.36. The molecule has 0 N–H and O–H groups in total. The van der Waals surface area contributed by atoms with Crippen LogP contribution in [0.25, 0.3) is 61.4 Å². The van der Waals surface area contributed by atoms with E-state index in [1.807, 2.05) is 42.5 Å². The molecule has 0 radical (unpaired) electrons. The molecule has 1 atom stereocenters. The molecule has 0 aliphatic heterocycles. The molecule has 206 valence electrons. The zero-order valence-electron chi connectivity index (χ0n) is 23.7. The van der Waals surface area contributed by atoms with Crippen molar-refractivity contribution >= 4 is 21.8 Å². The van der Waals surface area contributed by atoms with Crippen LogP contribution in [0.1, 0.15) is 22.9 Å². The first-order chi connectivity index (χ1) is 21.8. The lowest BCUT2D eigenvalue weighted by atomic mass is 9.93. The number of benzene rings is 4. The second-order valence-corrected chi connectivity index (χ2v) is 11.1. The predicted octanol–water partition coefficient (Wildman–Crippen LogP) is 8.86. The molecule has 0 fully saturated rings. The van der Waals surface area contributed by atoms with Crippen LogP contribution in [-0.4, -0.2) is 24.5 Å². The highest BCUT2D eigenvalue weighted by Crippen LogP contribution is 2.52. The summed E-state index contributed by atoms with van der Waals surface area (Å²) in [7, 11) is 0. The topological polar surface area (TPSA) is 56.5 Å². The predicted molar refractivity (Wildman–Crippen MR) is 176 cm³/mol. The number of hydrogen-bond acceptors (Lipinski definition) is 4. The van der Waals surface area contributed by atoms with Crippen molar-refractivity contribution in [1.82, 2.24) is 24.5 Å². The lowest BCUT2D eigenvalue weighted by Crippen LogP contribution is -2.09. The number of pyridine rings is 2. The molecule has 1 aliphatic carbocycles. The van der Waals surface area contributed by atoms with Crippen molar-refractivity contribution in [2.24, 2.45) is 0 Å². The van der Waals surface area contributed by atoms with Gasteiger partial charge in [0, 0.05) is 28.9 Å². The van der Waals surface area contributed by atoms with Gasteiger partial charge < -0.3 is 4.57 Å². The summed E-state index contributed by atoms with van der Waals surface area (Å²) in [6.07, 6.45) is 3.61. The fraction of sp³-hybridized carbons (Fsp3) is 0.0256. The first kappa shape index (κ1) is 24.6. The Bertz CT molecular complexity index is 2270. The third-order valence-electron chi connectivity index (χ3n) is 8.60. The number of hydrogen-bond donors (Lipinski definition) is 0. The van der Waals surface area contributed by atoms with Crippen molar-refractivity contribution in [3.8, 4) is 39.6 Å². The van der Waals surface area contributed by atoms with E-state index in [0.29, 0.717) is 0 Å². The quantitative estimate of drug-likeness (QED) is 0.215. The van der Waals surface area contributed by atoms with Crippen molar-refractivity contribution in [3.63, 3.8) is 0 Å². The summed E-state index contributed by atoms with van der Waals surface area (Å²) in [5.41, 5.74) is 11.5. The SMILES string of the molecule is c1ccc(-n2c3ccccc3c3ccc4c(c32)C(c2nc(-c3ccccn3)cc(-c3ccccn3)n2)c2ccccc2-4)cc1. The molecule has 4 aromatic heterocycles. The first-order valence-corrected chi connectivity index (χ1v) is 14.8. The smallest absolute Gasteiger partial charge is 0.141 e. The number of rotatable bonds is 4. The zero-order valence-corrected chi connectivity index (χ0v) is 23.7. The van der Waals surface area contributed by atoms with E-state index in [0.717, 1.165) is 34.3 Å². The number of para-hydroxylation sites is 2. The van der Waals surface area contributed by atoms with Gasteiger partial charge in [0.2, 0.25) is 0 Å². The van der Waals surface area contributed by atoms with Crippen LogP contribution in [0, 0.1) is 0 Å². The molecule has 9 rings (SSSR count). The molecule has 44 heavy (non-hydrogen) atoms. The Balaban J connectivity index is 1.40. The number of nitrogens with zero attached hydrogens (tertiary/aromatic N) is 5. The summed E-state index contributed by atoms with van der Waals surface area (Å²) in [5.74, 6) is 0.542. The van der Waals surface area contributed by atoms with Crippen molar-refractivity contribution in [3.05, 3.63) is 163 Å². The second kappa shape index (κ2) is 9.82. The molecule has 1 unspecified atom stereocenters. The van der Waals surface area contributed by atoms with Gasteiger partial charge in [-0.2, -0.15) is 0 Å². The van der Waals surface area contributed by atoms with E-state index in [-0.39, 0.29) is 5.92 Å². The van der Waals surface area contributed by atoms with Crippen LogP contribution < -0.4 is 0 Å². The molecule has 0 bridgehead atoms. The molecule has 0 amide bonds. The Morgan fingerprint density at radius 2 is 1.16 bits per heavy atom. The average molecular weight is 564 g/mol. The van der Waals surface area contributed by atoms with E-state index in [1.165, 1.54) is 44.1 Å². The van der Waals surface area contributed by atoms with E-state index < -0.39 is 0 Å². The van der Waals surface area contributed by atoms with Crippen LogP contribution in [-0.2, 0) is 0 Å². The zero-order chi connectivity index (χ0) is 29.0. The first-order valence-electron chi connectivity index (χ1n) is 14.8. The monoisotopic (exact) mass is 563 g/mol. The van der Waals surface area contributed by atoms with Crippen LogP contribution >= 0.6 is 0 Å². The van der Waals surface area contributed by atoms with Crippen molar-refractivity contribution in [2.45, 2.75) is 5.92 Å². The summed E-state index contributed by atoms with van der Waals surface area (Å²) in [6.45, 7) is 0. The molecule has 4 heterocycles. The molecule has 5 heteroatoms. The highest BCUT2D eigenvalue weighted by molar-refractivity contribution is 6.13. The largest absolute Gasteiger partial charge is 0.309 e. The third-order valence-corrected chi connectivity index (χ3v) is 8.60. The lowest BCUT2D eigenvalue weighted by molar-refractivity contribution is 0.877. The van der Waals surface area contributed by atoms with Gasteiger partial charge >= 0.3 is 0 Å². The van der Waals surface area contributed by atoms with Crippen LogP contribution in [0.15, 0.2) is 146 Å². The standard InChI is InChI=1S/C39H25N5/c1-2-12-25(13-3-1)44-35-19-7-6-15-27(35)30-21-20-29-26-14-4-5-16-28(26)37(36(29)38(30)44)39-42-33(31-17-8-10-22-40-31)24-34(43-39)32-18-9-11-23-41-32/h1-24,37H. The molecule has 4 aromatic carbocycles. The molecular weight excluding hydrogens is 538 g/mol. The Morgan fingerprint density at radius 1 is 0.500 bits per heavy atom. The summed E-state index contributed by atoms with van der Waals surface area (Å²) >= 11 is 0. The maximum atomic E-state index is 5.26. The molecule has 1 aliphatic rings. The van der Waals surface area contributed by atoms with Gasteiger partial charge in [-0.05, 0) is 70.8 Å². The maximum absolute atomic E-state index is 5.26. The van der Waals surface area contributed by atoms with Gasteiger partial charge in [0.1, 0.15) is 5.82 Å². The Morgan fingerprint density at radius 3 is 1.89 bits per heavy atom. The molecule has 0 saturated heterocycles. The fourth-order valence-corrected chi connectivity index (χ4v) is 6.76. The summed E-state index contributed by atoms with van der Waals surface area (Å²) in [5, 5.41) is 2.44. The van der Waals surface area contributed by atoms with Crippen LogP contribution in [0.5, 0.6) is 0 Å². The minimum atomic E-state index is -0.192. The van der Waals surface area contributed by atoms with Crippen LogP contribution in [0.2, 0.25) is 0 Å². The molecule has 8 aromatic rings. The van der Waals surface area contributed by atoms with Crippen LogP contribution in [0.4, 0.5) is 0 Å². The Labute approximate surface area is 254 Å². The normalized spacial score (nSPS) is 13.7. The Kier molecular flexibility index (Phi) is 5.50. The summed E-state index contributed by atoms with van der Waals surface area (Å²) < 4.78 is 2.41. The molecule has 5 nitrogen and oxygen atoms in total. The summed E-state index contributed by atoms with van der Waals surface area (Å²) in [6, 6.07) is 46.4. The van der Waals surface area contributed by atoms with E-state index >= 15 is 0 Å². The second-order valence-electron chi connectivity index (χ2n) is 11.1. The van der Waals surface area contributed by atoms with Gasteiger partial charge in [-0.25, -0.2) is 9.97 Å². The highest BCUT2D eigenvalue weighted by atomic mass is 15.0. The minimum absolute atomic E-state index is 0.192. The van der Waals surface area contributed by atoms with Gasteiger partial charge in [-0.15, -0.1) is 0 Å². The third kappa shape index (κ3) is 3.73. The fourth-order valence-electron chi connectivity index (χ4n) is 6.76. The van der Waals surface area contributed by atoms with Gasteiger partial charge in [0.05, 0.1) is 39.7 Å². The van der Waals surface area contributed by atoms with Crippen LogP contribution in [0.3, 0.4) is 0 Å².